The van der Waals surface area contributed by atoms with Crippen molar-refractivity contribution in [1.29, 1.82) is 5.26 Å². The van der Waals surface area contributed by atoms with Gasteiger partial charge in [-0.25, -0.2) is 9.98 Å². The fraction of sp³-hybridized carbons (Fsp3) is 0. The van der Waals surface area contributed by atoms with E-state index in [9.17, 15) is 4.79 Å². The minimum absolute atomic E-state index is 0.181. The van der Waals surface area contributed by atoms with Gasteiger partial charge in [0.05, 0.1) is 22.9 Å². The lowest BCUT2D eigenvalue weighted by molar-refractivity contribution is 1.17. The number of halogens is 1. The van der Waals surface area contributed by atoms with E-state index in [0.29, 0.717) is 16.6 Å². The van der Waals surface area contributed by atoms with Gasteiger partial charge in [0.15, 0.2) is 0 Å². The van der Waals surface area contributed by atoms with Crippen molar-refractivity contribution in [3.05, 3.63) is 34.9 Å². The van der Waals surface area contributed by atoms with Crippen molar-refractivity contribution >= 4 is 33.4 Å². The van der Waals surface area contributed by atoms with Crippen molar-refractivity contribution in [2.45, 2.75) is 0 Å². The summed E-state index contributed by atoms with van der Waals surface area (Å²) in [6, 6.07) is 6.50. The molecule has 2 aromatic rings. The molecule has 0 atom stereocenters. The highest BCUT2D eigenvalue weighted by Crippen LogP contribution is 2.17. The Morgan fingerprint density at radius 3 is 3.12 bits per heavy atom. The number of fused-ring (bicyclic) bond motifs is 1. The van der Waals surface area contributed by atoms with Gasteiger partial charge in [0.1, 0.15) is 6.07 Å². The summed E-state index contributed by atoms with van der Waals surface area (Å²) in [6.45, 7) is 0. The van der Waals surface area contributed by atoms with E-state index in [4.69, 9.17) is 16.9 Å². The number of rotatable bonds is 1. The van der Waals surface area contributed by atoms with Crippen LogP contribution in [0.5, 0.6) is 0 Å². The normalized spacial score (nSPS) is 11.4. The summed E-state index contributed by atoms with van der Waals surface area (Å²) in [7, 11) is 0. The van der Waals surface area contributed by atoms with Crippen LogP contribution < -0.4 is 5.56 Å². The summed E-state index contributed by atoms with van der Waals surface area (Å²) in [6.07, 6.45) is 1.33. The standard InChI is InChI=1S/C10H5ClN4O/c11-9(4-12)15-6-1-2-8-7(3-6)10(16)14-5-13-8/h1-3,5H,(H,13,14,16). The first-order chi connectivity index (χ1) is 7.70. The third kappa shape index (κ3) is 1.92. The maximum absolute atomic E-state index is 11.4. The maximum atomic E-state index is 11.4. The van der Waals surface area contributed by atoms with E-state index in [2.05, 4.69) is 15.0 Å². The number of aliphatic imine (C=N–C) groups is 1. The van der Waals surface area contributed by atoms with Gasteiger partial charge in [-0.2, -0.15) is 5.26 Å². The molecule has 1 N–H and O–H groups in total. The number of aromatic amines is 1. The lowest BCUT2D eigenvalue weighted by Gasteiger charge is -1.96. The molecule has 16 heavy (non-hydrogen) atoms. The Hall–Kier alpha value is -2.19. The molecule has 0 aliphatic heterocycles. The zero-order valence-corrected chi connectivity index (χ0v) is 8.69. The highest BCUT2D eigenvalue weighted by atomic mass is 35.5. The molecule has 0 saturated carbocycles. The first-order valence-electron chi connectivity index (χ1n) is 4.32. The number of hydrogen-bond acceptors (Lipinski definition) is 4. The van der Waals surface area contributed by atoms with E-state index in [1.54, 1.807) is 18.2 Å². The first-order valence-corrected chi connectivity index (χ1v) is 4.70. The molecule has 0 radical (unpaired) electrons. The lowest BCUT2D eigenvalue weighted by Crippen LogP contribution is -2.05. The maximum Gasteiger partial charge on any atom is 0.258 e. The van der Waals surface area contributed by atoms with E-state index in [-0.39, 0.29) is 10.7 Å². The van der Waals surface area contributed by atoms with E-state index < -0.39 is 0 Å². The third-order valence-corrected chi connectivity index (χ3v) is 2.11. The Labute approximate surface area is 95.0 Å². The molecule has 0 fully saturated rings. The van der Waals surface area contributed by atoms with Crippen LogP contribution in [-0.4, -0.2) is 15.1 Å². The molecule has 0 bridgehead atoms. The fourth-order valence-electron chi connectivity index (χ4n) is 1.26. The van der Waals surface area contributed by atoms with Crippen molar-refractivity contribution in [3.63, 3.8) is 0 Å². The number of nitriles is 1. The molecule has 0 amide bonds. The molecule has 0 spiro atoms. The van der Waals surface area contributed by atoms with Crippen molar-refractivity contribution in [2.24, 2.45) is 4.99 Å². The fourth-order valence-corrected chi connectivity index (χ4v) is 1.36. The molecule has 0 unspecified atom stereocenters. The molecule has 1 heterocycles. The second-order valence-electron chi connectivity index (χ2n) is 2.95. The van der Waals surface area contributed by atoms with Crippen LogP contribution >= 0.6 is 11.6 Å². The van der Waals surface area contributed by atoms with Gasteiger partial charge in [0, 0.05) is 0 Å². The van der Waals surface area contributed by atoms with Gasteiger partial charge in [-0.1, -0.05) is 11.6 Å². The molecule has 5 nitrogen and oxygen atoms in total. The highest BCUT2D eigenvalue weighted by Gasteiger charge is 2.01. The van der Waals surface area contributed by atoms with E-state index in [1.807, 2.05) is 0 Å². The van der Waals surface area contributed by atoms with Crippen molar-refractivity contribution in [3.8, 4) is 6.07 Å². The topological polar surface area (TPSA) is 81.9 Å². The van der Waals surface area contributed by atoms with Crippen LogP contribution in [0.15, 0.2) is 34.3 Å². The highest BCUT2D eigenvalue weighted by molar-refractivity contribution is 6.69. The van der Waals surface area contributed by atoms with Gasteiger partial charge in [0.2, 0.25) is 5.17 Å². The summed E-state index contributed by atoms with van der Waals surface area (Å²) >= 11 is 5.48. The number of hydrogen-bond donors (Lipinski definition) is 1. The molecular weight excluding hydrogens is 228 g/mol. The Bertz CT molecular complexity index is 668. The molecular formula is C10H5ClN4O. The van der Waals surface area contributed by atoms with Gasteiger partial charge in [-0.05, 0) is 18.2 Å². The number of nitrogens with one attached hydrogen (secondary N) is 1. The molecule has 0 aliphatic rings. The van der Waals surface area contributed by atoms with E-state index >= 15 is 0 Å². The van der Waals surface area contributed by atoms with Gasteiger partial charge >= 0.3 is 0 Å². The summed E-state index contributed by atoms with van der Waals surface area (Å²) in [5.74, 6) is 0. The van der Waals surface area contributed by atoms with Gasteiger partial charge < -0.3 is 4.98 Å². The summed E-state index contributed by atoms with van der Waals surface area (Å²) < 4.78 is 0. The minimum Gasteiger partial charge on any atom is -0.313 e. The van der Waals surface area contributed by atoms with Crippen LogP contribution in [0.4, 0.5) is 5.69 Å². The molecule has 6 heteroatoms. The first kappa shape index (κ1) is 10.3. The van der Waals surface area contributed by atoms with Crippen LogP contribution in [0.2, 0.25) is 0 Å². The van der Waals surface area contributed by atoms with Crippen molar-refractivity contribution in [2.75, 3.05) is 0 Å². The number of H-pyrrole nitrogens is 1. The van der Waals surface area contributed by atoms with Crippen molar-refractivity contribution < 1.29 is 0 Å². The molecule has 1 aromatic heterocycles. The number of aromatic nitrogens is 2. The predicted octanol–water partition coefficient (Wildman–Crippen LogP) is 1.72. The van der Waals surface area contributed by atoms with Gasteiger partial charge in [-0.15, -0.1) is 0 Å². The second-order valence-corrected chi connectivity index (χ2v) is 3.31. The van der Waals surface area contributed by atoms with Crippen LogP contribution in [-0.2, 0) is 0 Å². The Kier molecular flexibility index (Phi) is 2.66. The minimum atomic E-state index is -0.255. The summed E-state index contributed by atoms with van der Waals surface area (Å²) in [4.78, 5) is 21.7. The largest absolute Gasteiger partial charge is 0.313 e. The average molecular weight is 233 g/mol. The van der Waals surface area contributed by atoms with Crippen LogP contribution in [0.1, 0.15) is 0 Å². The SMILES string of the molecule is N#CC(Cl)=Nc1ccc2nc[nH]c(=O)c2c1. The number of benzene rings is 1. The van der Waals surface area contributed by atoms with E-state index in [1.165, 1.54) is 12.4 Å². The Balaban J connectivity index is 2.66. The second kappa shape index (κ2) is 4.13. The lowest BCUT2D eigenvalue weighted by atomic mass is 10.2. The average Bonchev–Trinajstić information content (AvgIpc) is 2.30. The molecule has 1 aromatic carbocycles. The third-order valence-electron chi connectivity index (χ3n) is 1.94. The summed E-state index contributed by atoms with van der Waals surface area (Å²) in [5, 5.41) is 8.70. The Morgan fingerprint density at radius 1 is 1.56 bits per heavy atom. The van der Waals surface area contributed by atoms with E-state index in [0.717, 1.165) is 0 Å². The van der Waals surface area contributed by atoms with Gasteiger partial charge in [0.25, 0.3) is 5.56 Å². The van der Waals surface area contributed by atoms with Crippen LogP contribution in [0.25, 0.3) is 10.9 Å². The predicted molar refractivity (Wildman–Crippen MR) is 60.9 cm³/mol. The van der Waals surface area contributed by atoms with Crippen LogP contribution in [0.3, 0.4) is 0 Å². The molecule has 0 saturated heterocycles. The molecule has 2 rings (SSSR count). The van der Waals surface area contributed by atoms with Gasteiger partial charge in [-0.3, -0.25) is 4.79 Å². The quantitative estimate of drug-likeness (QED) is 0.760. The number of nitrogens with zero attached hydrogens (tertiary/aromatic N) is 3. The molecule has 0 aliphatic carbocycles. The smallest absolute Gasteiger partial charge is 0.258 e. The summed E-state index contributed by atoms with van der Waals surface area (Å²) in [5.41, 5.74) is 0.753. The van der Waals surface area contributed by atoms with Crippen molar-refractivity contribution in [1.82, 2.24) is 9.97 Å². The zero-order valence-electron chi connectivity index (χ0n) is 7.94. The van der Waals surface area contributed by atoms with Crippen LogP contribution in [0, 0.1) is 11.3 Å². The molecule has 78 valence electrons. The Morgan fingerprint density at radius 2 is 2.38 bits per heavy atom. The monoisotopic (exact) mass is 232 g/mol. The zero-order chi connectivity index (χ0) is 11.5.